The van der Waals surface area contributed by atoms with Gasteiger partial charge >= 0.3 is 0 Å². The lowest BCUT2D eigenvalue weighted by Gasteiger charge is -2.19. The maximum atomic E-state index is 4.96. The van der Waals surface area contributed by atoms with E-state index in [1.807, 2.05) is 0 Å². The fourth-order valence-corrected chi connectivity index (χ4v) is 7.95. The first-order chi connectivity index (χ1) is 24.6. The van der Waals surface area contributed by atoms with E-state index in [9.17, 15) is 0 Å². The van der Waals surface area contributed by atoms with Gasteiger partial charge in [-0.25, -0.2) is 9.97 Å². The summed E-state index contributed by atoms with van der Waals surface area (Å²) in [5, 5.41) is 7.20. The van der Waals surface area contributed by atoms with E-state index < -0.39 is 0 Å². The molecule has 0 amide bonds. The minimum absolute atomic E-state index is 0.962. The van der Waals surface area contributed by atoms with Gasteiger partial charge in [-0.3, -0.25) is 9.13 Å². The van der Waals surface area contributed by atoms with E-state index in [4.69, 9.17) is 9.97 Å². The van der Waals surface area contributed by atoms with Gasteiger partial charge in [0.05, 0.1) is 33.4 Å². The Balaban J connectivity index is 1.32. The first-order valence-corrected chi connectivity index (χ1v) is 17.1. The monoisotopic (exact) mass is 640 g/mol. The molecule has 0 fully saturated rings. The van der Waals surface area contributed by atoms with Crippen LogP contribution in [0.2, 0.25) is 0 Å². The molecular formula is C46H32N4. The van der Waals surface area contributed by atoms with Gasteiger partial charge in [-0.1, -0.05) is 103 Å². The van der Waals surface area contributed by atoms with E-state index in [-0.39, 0.29) is 0 Å². The molecule has 4 nitrogen and oxygen atoms in total. The molecule has 2 aromatic heterocycles. The van der Waals surface area contributed by atoms with Crippen molar-refractivity contribution in [3.05, 3.63) is 169 Å². The van der Waals surface area contributed by atoms with Crippen molar-refractivity contribution in [2.75, 3.05) is 0 Å². The van der Waals surface area contributed by atoms with Crippen molar-refractivity contribution in [1.82, 2.24) is 19.1 Å². The van der Waals surface area contributed by atoms with Crippen LogP contribution in [-0.4, -0.2) is 19.1 Å². The molecule has 2 heterocycles. The standard InChI is InChI=1S/C46H32N4/c1-29-47-40-16-6-8-18-44(40)49(29)42-20-10-14-36-38(42)28-39-37(15-11-21-43(39)50-30(2)48-41-17-7-9-19-45(41)50)46(36)34-25-23-32-22-24-33(26-35(32)27-34)31-12-4-3-5-13-31/h3-28H,1-2H3. The van der Waals surface area contributed by atoms with E-state index in [2.05, 4.69) is 181 Å². The van der Waals surface area contributed by atoms with Crippen molar-refractivity contribution in [2.45, 2.75) is 13.8 Å². The molecule has 0 saturated heterocycles. The number of nitrogens with zero attached hydrogens (tertiary/aromatic N) is 4. The van der Waals surface area contributed by atoms with Crippen molar-refractivity contribution in [3.8, 4) is 33.6 Å². The van der Waals surface area contributed by atoms with Crippen molar-refractivity contribution in [3.63, 3.8) is 0 Å². The first-order valence-electron chi connectivity index (χ1n) is 17.1. The Bertz CT molecular complexity index is 2810. The molecule has 0 radical (unpaired) electrons. The molecule has 50 heavy (non-hydrogen) atoms. The van der Waals surface area contributed by atoms with Crippen molar-refractivity contribution in [2.24, 2.45) is 0 Å². The van der Waals surface area contributed by atoms with Gasteiger partial charge in [0.15, 0.2) is 0 Å². The van der Waals surface area contributed by atoms with Crippen LogP contribution in [0.1, 0.15) is 11.6 Å². The van der Waals surface area contributed by atoms with Crippen molar-refractivity contribution in [1.29, 1.82) is 0 Å². The number of fused-ring (bicyclic) bond motifs is 5. The highest BCUT2D eigenvalue weighted by atomic mass is 15.1. The maximum absolute atomic E-state index is 4.96. The smallest absolute Gasteiger partial charge is 0.111 e. The molecule has 0 spiro atoms. The number of aromatic nitrogens is 4. The molecule has 0 unspecified atom stereocenters. The molecule has 10 rings (SSSR count). The summed E-state index contributed by atoms with van der Waals surface area (Å²) in [6.45, 7) is 4.20. The molecule has 0 saturated carbocycles. The number of hydrogen-bond donors (Lipinski definition) is 0. The summed E-state index contributed by atoms with van der Waals surface area (Å²) in [5.74, 6) is 1.92. The minimum atomic E-state index is 0.962. The van der Waals surface area contributed by atoms with Gasteiger partial charge in [0.2, 0.25) is 0 Å². The fraction of sp³-hybridized carbons (Fsp3) is 0.0435. The van der Waals surface area contributed by atoms with E-state index in [0.717, 1.165) is 45.1 Å². The summed E-state index contributed by atoms with van der Waals surface area (Å²) in [4.78, 5) is 9.92. The fourth-order valence-electron chi connectivity index (χ4n) is 7.95. The SMILES string of the molecule is Cc1nc2ccccc2n1-c1cccc2c(-c3ccc4ccc(-c5ccccc5)cc4c3)c3cccc(-n4c(C)nc5ccccc54)c3cc12. The summed E-state index contributed by atoms with van der Waals surface area (Å²) in [6, 6.07) is 56.9. The predicted molar refractivity (Wildman–Crippen MR) is 209 cm³/mol. The van der Waals surface area contributed by atoms with Crippen LogP contribution in [-0.2, 0) is 0 Å². The largest absolute Gasteiger partial charge is 0.296 e. The maximum Gasteiger partial charge on any atom is 0.111 e. The summed E-state index contributed by atoms with van der Waals surface area (Å²) >= 11 is 0. The second-order valence-electron chi connectivity index (χ2n) is 13.1. The van der Waals surface area contributed by atoms with Gasteiger partial charge < -0.3 is 0 Å². The number of hydrogen-bond acceptors (Lipinski definition) is 2. The van der Waals surface area contributed by atoms with Crippen LogP contribution in [0.3, 0.4) is 0 Å². The second kappa shape index (κ2) is 11.0. The third kappa shape index (κ3) is 4.32. The summed E-state index contributed by atoms with van der Waals surface area (Å²) in [7, 11) is 0. The van der Waals surface area contributed by atoms with Gasteiger partial charge in [0.25, 0.3) is 0 Å². The Hall–Kier alpha value is -6.52. The van der Waals surface area contributed by atoms with E-state index in [1.54, 1.807) is 0 Å². The zero-order valence-corrected chi connectivity index (χ0v) is 27.8. The topological polar surface area (TPSA) is 35.6 Å². The molecule has 0 aliphatic heterocycles. The molecule has 0 N–H and O–H groups in total. The molecule has 10 aromatic rings. The Labute approximate surface area is 289 Å². The van der Waals surface area contributed by atoms with Crippen LogP contribution >= 0.6 is 0 Å². The van der Waals surface area contributed by atoms with E-state index in [0.29, 0.717) is 0 Å². The summed E-state index contributed by atoms with van der Waals surface area (Å²) < 4.78 is 4.61. The Morgan fingerprint density at radius 3 is 1.50 bits per heavy atom. The molecule has 0 bridgehead atoms. The normalized spacial score (nSPS) is 11.8. The van der Waals surface area contributed by atoms with Crippen LogP contribution < -0.4 is 0 Å². The number of rotatable bonds is 4. The molecule has 8 aromatic carbocycles. The van der Waals surface area contributed by atoms with Crippen molar-refractivity contribution >= 4 is 54.4 Å². The third-order valence-electron chi connectivity index (χ3n) is 10.2. The van der Waals surface area contributed by atoms with Gasteiger partial charge in [0, 0.05) is 10.8 Å². The summed E-state index contributed by atoms with van der Waals surface area (Å²) in [6.07, 6.45) is 0. The molecular weight excluding hydrogens is 609 g/mol. The number of aryl methyl sites for hydroxylation is 2. The lowest BCUT2D eigenvalue weighted by Crippen LogP contribution is -2.01. The Kier molecular flexibility index (Phi) is 6.27. The van der Waals surface area contributed by atoms with Crippen LogP contribution in [0.25, 0.3) is 88.0 Å². The third-order valence-corrected chi connectivity index (χ3v) is 10.2. The molecule has 4 heteroatoms. The molecule has 0 atom stereocenters. The zero-order valence-electron chi connectivity index (χ0n) is 27.8. The number of imidazole rings is 2. The van der Waals surface area contributed by atoms with E-state index in [1.165, 1.54) is 54.6 Å². The highest BCUT2D eigenvalue weighted by molar-refractivity contribution is 6.17. The Morgan fingerprint density at radius 1 is 0.380 bits per heavy atom. The van der Waals surface area contributed by atoms with Crippen LogP contribution in [0, 0.1) is 13.8 Å². The van der Waals surface area contributed by atoms with Gasteiger partial charge in [-0.05, 0) is 112 Å². The van der Waals surface area contributed by atoms with Crippen LogP contribution in [0.15, 0.2) is 158 Å². The quantitative estimate of drug-likeness (QED) is 0.179. The summed E-state index contributed by atoms with van der Waals surface area (Å²) in [5.41, 5.74) is 11.3. The molecule has 0 aliphatic carbocycles. The molecule has 236 valence electrons. The number of para-hydroxylation sites is 4. The number of benzene rings is 8. The molecule has 0 aliphatic rings. The van der Waals surface area contributed by atoms with Gasteiger partial charge in [0.1, 0.15) is 11.6 Å². The van der Waals surface area contributed by atoms with Crippen molar-refractivity contribution < 1.29 is 0 Å². The van der Waals surface area contributed by atoms with Crippen LogP contribution in [0.4, 0.5) is 0 Å². The van der Waals surface area contributed by atoms with Gasteiger partial charge in [-0.15, -0.1) is 0 Å². The van der Waals surface area contributed by atoms with E-state index >= 15 is 0 Å². The average Bonchev–Trinajstić information content (AvgIpc) is 3.68. The zero-order chi connectivity index (χ0) is 33.3. The highest BCUT2D eigenvalue weighted by Crippen LogP contribution is 2.43. The van der Waals surface area contributed by atoms with Gasteiger partial charge in [-0.2, -0.15) is 0 Å². The minimum Gasteiger partial charge on any atom is -0.296 e. The lowest BCUT2D eigenvalue weighted by molar-refractivity contribution is 1.01. The predicted octanol–water partition coefficient (Wildman–Crippen LogP) is 11.8. The first kappa shape index (κ1) is 28.5. The lowest BCUT2D eigenvalue weighted by atomic mass is 9.89. The second-order valence-corrected chi connectivity index (χ2v) is 13.1. The average molecular weight is 641 g/mol. The Morgan fingerprint density at radius 2 is 0.900 bits per heavy atom. The van der Waals surface area contributed by atoms with Crippen LogP contribution in [0.5, 0.6) is 0 Å². The highest BCUT2D eigenvalue weighted by Gasteiger charge is 2.20.